The van der Waals surface area contributed by atoms with Gasteiger partial charge in [-0.2, -0.15) is 5.06 Å². The summed E-state index contributed by atoms with van der Waals surface area (Å²) in [6.45, 7) is 2.34. The van der Waals surface area contributed by atoms with Crippen LogP contribution in [0.15, 0.2) is 24.3 Å². The highest BCUT2D eigenvalue weighted by atomic mass is 16.7. The summed E-state index contributed by atoms with van der Waals surface area (Å²) in [5, 5.41) is 11.1. The van der Waals surface area contributed by atoms with Crippen molar-refractivity contribution in [1.82, 2.24) is 5.06 Å². The highest BCUT2D eigenvalue weighted by Gasteiger charge is 2.31. The Morgan fingerprint density at radius 3 is 2.52 bits per heavy atom. The summed E-state index contributed by atoms with van der Waals surface area (Å²) in [7, 11) is 1.68. The lowest BCUT2D eigenvalue weighted by molar-refractivity contribution is -0.149. The molecular weight excluding hydrogens is 320 g/mol. The van der Waals surface area contributed by atoms with Crippen LogP contribution in [0.1, 0.15) is 43.6 Å². The lowest BCUT2D eigenvalue weighted by Gasteiger charge is -2.35. The topological polar surface area (TPSA) is 70.1 Å². The fourth-order valence-corrected chi connectivity index (χ4v) is 3.97. The molecule has 2 heterocycles. The van der Waals surface area contributed by atoms with Crippen molar-refractivity contribution < 1.29 is 19.5 Å². The first-order chi connectivity index (χ1) is 12.1. The Balaban J connectivity index is 1.68. The van der Waals surface area contributed by atoms with Crippen molar-refractivity contribution in [2.75, 3.05) is 31.6 Å². The SMILES string of the molecule is CON1CCC(CC(=O)N2CCC(CC(=O)O)c3ccccc32)CC1. The van der Waals surface area contributed by atoms with E-state index in [0.717, 1.165) is 37.2 Å². The van der Waals surface area contributed by atoms with Gasteiger partial charge < -0.3 is 14.8 Å². The summed E-state index contributed by atoms with van der Waals surface area (Å²) in [6.07, 6.45) is 3.31. The normalized spacial score (nSPS) is 21.8. The number of hydrogen-bond acceptors (Lipinski definition) is 4. The molecule has 0 saturated carbocycles. The number of fused-ring (bicyclic) bond motifs is 1. The number of benzene rings is 1. The molecule has 1 N–H and O–H groups in total. The fourth-order valence-electron chi connectivity index (χ4n) is 3.97. The molecule has 2 aliphatic heterocycles. The molecule has 1 aromatic rings. The van der Waals surface area contributed by atoms with Gasteiger partial charge in [0.1, 0.15) is 0 Å². The third-order valence-corrected chi connectivity index (χ3v) is 5.39. The first kappa shape index (κ1) is 17.9. The third kappa shape index (κ3) is 4.19. The number of para-hydroxylation sites is 1. The van der Waals surface area contributed by atoms with E-state index in [0.29, 0.717) is 25.3 Å². The average molecular weight is 346 g/mol. The van der Waals surface area contributed by atoms with E-state index >= 15 is 0 Å². The first-order valence-corrected chi connectivity index (χ1v) is 8.98. The molecule has 6 heteroatoms. The number of amides is 1. The van der Waals surface area contributed by atoms with Gasteiger partial charge in [0, 0.05) is 31.7 Å². The largest absolute Gasteiger partial charge is 0.481 e. The van der Waals surface area contributed by atoms with Crippen molar-refractivity contribution in [3.8, 4) is 0 Å². The first-order valence-electron chi connectivity index (χ1n) is 8.98. The number of carbonyl (C=O) groups is 2. The molecule has 6 nitrogen and oxygen atoms in total. The second kappa shape index (κ2) is 7.97. The van der Waals surface area contributed by atoms with Crippen molar-refractivity contribution in [2.24, 2.45) is 5.92 Å². The highest BCUT2D eigenvalue weighted by Crippen LogP contribution is 2.38. The summed E-state index contributed by atoms with van der Waals surface area (Å²) < 4.78 is 0. The number of carboxylic acid groups (broad SMARTS) is 1. The maximum atomic E-state index is 12.9. The van der Waals surface area contributed by atoms with Crippen LogP contribution < -0.4 is 4.90 Å². The van der Waals surface area contributed by atoms with Crippen molar-refractivity contribution >= 4 is 17.6 Å². The van der Waals surface area contributed by atoms with Gasteiger partial charge in [-0.15, -0.1) is 0 Å². The Labute approximate surface area is 148 Å². The Hall–Kier alpha value is -1.92. The quantitative estimate of drug-likeness (QED) is 0.887. The van der Waals surface area contributed by atoms with Gasteiger partial charge in [-0.05, 0) is 42.7 Å². The molecule has 1 amide bonds. The summed E-state index contributed by atoms with van der Waals surface area (Å²) in [5.74, 6) is -0.257. The molecule has 2 aliphatic rings. The van der Waals surface area contributed by atoms with Crippen LogP contribution in [-0.4, -0.2) is 48.8 Å². The van der Waals surface area contributed by atoms with Crippen LogP contribution in [0.5, 0.6) is 0 Å². The van der Waals surface area contributed by atoms with Crippen molar-refractivity contribution in [2.45, 2.75) is 38.0 Å². The molecule has 0 radical (unpaired) electrons. The number of aliphatic carboxylic acids is 1. The van der Waals surface area contributed by atoms with E-state index in [1.165, 1.54) is 0 Å². The predicted molar refractivity (Wildman–Crippen MR) is 94.3 cm³/mol. The van der Waals surface area contributed by atoms with E-state index in [1.54, 1.807) is 7.11 Å². The van der Waals surface area contributed by atoms with Crippen molar-refractivity contribution in [3.05, 3.63) is 29.8 Å². The molecule has 0 spiro atoms. The molecule has 0 bridgehead atoms. The summed E-state index contributed by atoms with van der Waals surface area (Å²) in [6, 6.07) is 7.73. The lowest BCUT2D eigenvalue weighted by Crippen LogP contribution is -2.40. The molecule has 1 fully saturated rings. The number of rotatable bonds is 5. The maximum Gasteiger partial charge on any atom is 0.303 e. The van der Waals surface area contributed by atoms with E-state index in [1.807, 2.05) is 34.2 Å². The molecule has 0 aliphatic carbocycles. The minimum atomic E-state index is -0.788. The number of carboxylic acids is 1. The van der Waals surface area contributed by atoms with Gasteiger partial charge in [-0.1, -0.05) is 18.2 Å². The second-order valence-electron chi connectivity index (χ2n) is 6.95. The van der Waals surface area contributed by atoms with Gasteiger partial charge in [0.15, 0.2) is 0 Å². The van der Waals surface area contributed by atoms with Crippen molar-refractivity contribution in [1.29, 1.82) is 0 Å². The molecule has 3 rings (SSSR count). The molecule has 136 valence electrons. The molecule has 1 atom stereocenters. The molecule has 1 aromatic carbocycles. The van der Waals surface area contributed by atoms with Crippen LogP contribution in [-0.2, 0) is 14.4 Å². The standard InChI is InChI=1S/C19H26N2O4/c1-25-20-9-6-14(7-10-20)12-18(22)21-11-8-15(13-19(23)24)16-4-2-3-5-17(16)21/h2-5,14-15H,6-13H2,1H3,(H,23,24). The number of carbonyl (C=O) groups excluding carboxylic acids is 1. The predicted octanol–water partition coefficient (Wildman–Crippen LogP) is 2.65. The van der Waals surface area contributed by atoms with Crippen LogP contribution in [0.2, 0.25) is 0 Å². The Morgan fingerprint density at radius 1 is 1.12 bits per heavy atom. The zero-order valence-corrected chi connectivity index (χ0v) is 14.7. The lowest BCUT2D eigenvalue weighted by atomic mass is 9.86. The van der Waals surface area contributed by atoms with Gasteiger partial charge >= 0.3 is 5.97 Å². The van der Waals surface area contributed by atoms with Gasteiger partial charge in [-0.3, -0.25) is 9.59 Å². The van der Waals surface area contributed by atoms with E-state index < -0.39 is 5.97 Å². The van der Waals surface area contributed by atoms with E-state index in [2.05, 4.69) is 0 Å². The van der Waals surface area contributed by atoms with Gasteiger partial charge in [-0.25, -0.2) is 0 Å². The van der Waals surface area contributed by atoms with Crippen LogP contribution in [0.3, 0.4) is 0 Å². The number of hydrogen-bond donors (Lipinski definition) is 1. The minimum Gasteiger partial charge on any atom is -0.481 e. The average Bonchev–Trinajstić information content (AvgIpc) is 2.62. The minimum absolute atomic E-state index is 0.0114. The summed E-state index contributed by atoms with van der Waals surface area (Å²) >= 11 is 0. The zero-order valence-electron chi connectivity index (χ0n) is 14.7. The number of nitrogens with zero attached hydrogens (tertiary/aromatic N) is 2. The monoisotopic (exact) mass is 346 g/mol. The molecule has 0 aromatic heterocycles. The Kier molecular flexibility index (Phi) is 5.71. The van der Waals surface area contributed by atoms with Crippen molar-refractivity contribution in [3.63, 3.8) is 0 Å². The second-order valence-corrected chi connectivity index (χ2v) is 6.95. The van der Waals surface area contributed by atoms with Gasteiger partial charge in [0.25, 0.3) is 0 Å². The van der Waals surface area contributed by atoms with E-state index in [4.69, 9.17) is 9.94 Å². The molecular formula is C19H26N2O4. The zero-order chi connectivity index (χ0) is 17.8. The van der Waals surface area contributed by atoms with Crippen LogP contribution in [0.4, 0.5) is 5.69 Å². The smallest absolute Gasteiger partial charge is 0.303 e. The molecule has 25 heavy (non-hydrogen) atoms. The molecule has 1 unspecified atom stereocenters. The number of anilines is 1. The van der Waals surface area contributed by atoms with Gasteiger partial charge in [0.05, 0.1) is 13.5 Å². The highest BCUT2D eigenvalue weighted by molar-refractivity contribution is 5.95. The summed E-state index contributed by atoms with van der Waals surface area (Å²) in [4.78, 5) is 31.1. The van der Waals surface area contributed by atoms with E-state index in [-0.39, 0.29) is 18.2 Å². The number of hydroxylamine groups is 2. The van der Waals surface area contributed by atoms with Crippen LogP contribution >= 0.6 is 0 Å². The van der Waals surface area contributed by atoms with Crippen LogP contribution in [0.25, 0.3) is 0 Å². The Morgan fingerprint density at radius 2 is 1.84 bits per heavy atom. The van der Waals surface area contributed by atoms with Crippen LogP contribution in [0, 0.1) is 5.92 Å². The third-order valence-electron chi connectivity index (χ3n) is 5.39. The Bertz CT molecular complexity index is 626. The van der Waals surface area contributed by atoms with Gasteiger partial charge in [0.2, 0.25) is 5.91 Å². The number of piperidine rings is 1. The fraction of sp³-hybridized carbons (Fsp3) is 0.579. The van der Waals surface area contributed by atoms with E-state index in [9.17, 15) is 9.59 Å². The maximum absolute atomic E-state index is 12.9. The molecule has 1 saturated heterocycles. The summed E-state index contributed by atoms with van der Waals surface area (Å²) in [5.41, 5.74) is 1.87.